The average Bonchev–Trinajstić information content (AvgIpc) is 3.04. The lowest BCUT2D eigenvalue weighted by atomic mass is 10.2. The van der Waals surface area contributed by atoms with E-state index in [0.29, 0.717) is 24.9 Å². The van der Waals surface area contributed by atoms with Crippen molar-refractivity contribution in [3.05, 3.63) is 36.3 Å². The van der Waals surface area contributed by atoms with Gasteiger partial charge in [0.1, 0.15) is 11.9 Å². The fraction of sp³-hybridized carbons (Fsp3) is 0.333. The van der Waals surface area contributed by atoms with Crippen molar-refractivity contribution in [2.24, 2.45) is 0 Å². The Morgan fingerprint density at radius 2 is 2.12 bits per heavy atom. The topological polar surface area (TPSA) is 79.2 Å². The summed E-state index contributed by atoms with van der Waals surface area (Å²) in [5, 5.41) is 9.24. The number of alkyl halides is 3. The van der Waals surface area contributed by atoms with E-state index in [9.17, 15) is 23.1 Å². The highest BCUT2D eigenvalue weighted by molar-refractivity contribution is 5.78. The van der Waals surface area contributed by atoms with E-state index in [1.807, 2.05) is 0 Å². The summed E-state index contributed by atoms with van der Waals surface area (Å²) < 4.78 is 39.5. The van der Waals surface area contributed by atoms with Gasteiger partial charge >= 0.3 is 12.1 Å². The smallest absolute Gasteiger partial charge is 0.433 e. The SMILES string of the molecule is O=C(O)C1CCCN1c1cc(C(F)(F)F)nc(-c2cccnc2)n1. The quantitative estimate of drug-likeness (QED) is 0.927. The molecule has 3 rings (SSSR count). The van der Waals surface area contributed by atoms with Gasteiger partial charge in [0, 0.05) is 30.6 Å². The fourth-order valence-corrected chi connectivity index (χ4v) is 2.65. The number of carboxylic acids is 1. The van der Waals surface area contributed by atoms with Gasteiger partial charge in [-0.15, -0.1) is 0 Å². The van der Waals surface area contributed by atoms with Crippen LogP contribution in [0.25, 0.3) is 11.4 Å². The largest absolute Gasteiger partial charge is 0.480 e. The number of rotatable bonds is 3. The maximum atomic E-state index is 13.2. The molecule has 1 saturated heterocycles. The van der Waals surface area contributed by atoms with Crippen molar-refractivity contribution in [3.8, 4) is 11.4 Å². The Morgan fingerprint density at radius 3 is 2.75 bits per heavy atom. The lowest BCUT2D eigenvalue weighted by Crippen LogP contribution is -2.36. The van der Waals surface area contributed by atoms with Crippen LogP contribution in [0.2, 0.25) is 0 Å². The molecule has 1 atom stereocenters. The summed E-state index contributed by atoms with van der Waals surface area (Å²) in [6, 6.07) is 3.02. The molecule has 1 fully saturated rings. The van der Waals surface area contributed by atoms with Crippen LogP contribution < -0.4 is 4.90 Å². The minimum Gasteiger partial charge on any atom is -0.480 e. The van der Waals surface area contributed by atoms with Crippen molar-refractivity contribution >= 4 is 11.8 Å². The van der Waals surface area contributed by atoms with Crippen LogP contribution >= 0.6 is 0 Å². The molecule has 24 heavy (non-hydrogen) atoms. The van der Waals surface area contributed by atoms with E-state index in [-0.39, 0.29) is 11.6 Å². The number of halogens is 3. The van der Waals surface area contributed by atoms with Gasteiger partial charge in [-0.3, -0.25) is 4.98 Å². The molecule has 3 heterocycles. The molecule has 0 bridgehead atoms. The third-order valence-corrected chi connectivity index (χ3v) is 3.75. The monoisotopic (exact) mass is 338 g/mol. The molecule has 9 heteroatoms. The van der Waals surface area contributed by atoms with Gasteiger partial charge in [-0.1, -0.05) is 0 Å². The van der Waals surface area contributed by atoms with E-state index in [0.717, 1.165) is 6.07 Å². The first-order valence-electron chi connectivity index (χ1n) is 7.22. The molecule has 126 valence electrons. The van der Waals surface area contributed by atoms with Crippen molar-refractivity contribution in [2.75, 3.05) is 11.4 Å². The van der Waals surface area contributed by atoms with Gasteiger partial charge < -0.3 is 10.0 Å². The molecule has 1 aliphatic heterocycles. The first kappa shape index (κ1) is 16.2. The lowest BCUT2D eigenvalue weighted by Gasteiger charge is -2.23. The Balaban J connectivity index is 2.11. The molecule has 1 N–H and O–H groups in total. The molecule has 0 saturated carbocycles. The maximum absolute atomic E-state index is 13.2. The van der Waals surface area contributed by atoms with E-state index in [4.69, 9.17) is 0 Å². The number of pyridine rings is 1. The van der Waals surface area contributed by atoms with Crippen molar-refractivity contribution < 1.29 is 23.1 Å². The Labute approximate surface area is 135 Å². The Hall–Kier alpha value is -2.71. The van der Waals surface area contributed by atoms with Crippen molar-refractivity contribution in [2.45, 2.75) is 25.1 Å². The summed E-state index contributed by atoms with van der Waals surface area (Å²) in [5.74, 6) is -1.26. The normalized spacial score (nSPS) is 18.0. The molecular formula is C15H13F3N4O2. The van der Waals surface area contributed by atoms with E-state index >= 15 is 0 Å². The van der Waals surface area contributed by atoms with E-state index in [2.05, 4.69) is 15.0 Å². The fourth-order valence-electron chi connectivity index (χ4n) is 2.65. The molecule has 0 radical (unpaired) electrons. The molecular weight excluding hydrogens is 325 g/mol. The Kier molecular flexibility index (Phi) is 4.08. The van der Waals surface area contributed by atoms with Crippen LogP contribution in [0.3, 0.4) is 0 Å². The van der Waals surface area contributed by atoms with Crippen molar-refractivity contribution in [1.29, 1.82) is 0 Å². The molecule has 0 aliphatic carbocycles. The van der Waals surface area contributed by atoms with Crippen LogP contribution in [0.5, 0.6) is 0 Å². The highest BCUT2D eigenvalue weighted by Crippen LogP contribution is 2.33. The van der Waals surface area contributed by atoms with Gasteiger partial charge in [-0.25, -0.2) is 14.8 Å². The van der Waals surface area contributed by atoms with Gasteiger partial charge in [-0.05, 0) is 25.0 Å². The van der Waals surface area contributed by atoms with Crippen molar-refractivity contribution in [3.63, 3.8) is 0 Å². The van der Waals surface area contributed by atoms with Gasteiger partial charge in [-0.2, -0.15) is 13.2 Å². The average molecular weight is 338 g/mol. The third kappa shape index (κ3) is 3.15. The van der Waals surface area contributed by atoms with Crippen LogP contribution in [0.1, 0.15) is 18.5 Å². The number of aliphatic carboxylic acids is 1. The summed E-state index contributed by atoms with van der Waals surface area (Å²) in [6.07, 6.45) is -0.878. The molecule has 6 nitrogen and oxygen atoms in total. The number of aromatic nitrogens is 3. The predicted octanol–water partition coefficient (Wildman–Crippen LogP) is 2.61. The molecule has 0 amide bonds. The summed E-state index contributed by atoms with van der Waals surface area (Å²) in [4.78, 5) is 24.2. The zero-order valence-corrected chi connectivity index (χ0v) is 12.4. The molecule has 2 aromatic heterocycles. The predicted molar refractivity (Wildman–Crippen MR) is 78.3 cm³/mol. The minimum absolute atomic E-state index is 0.0407. The molecule has 1 aliphatic rings. The summed E-state index contributed by atoms with van der Waals surface area (Å²) in [6.45, 7) is 0.331. The Morgan fingerprint density at radius 1 is 1.33 bits per heavy atom. The van der Waals surface area contributed by atoms with Crippen LogP contribution in [0.15, 0.2) is 30.6 Å². The summed E-state index contributed by atoms with van der Waals surface area (Å²) in [5.41, 5.74) is -0.779. The van der Waals surface area contributed by atoms with E-state index in [1.54, 1.807) is 12.1 Å². The molecule has 0 spiro atoms. The summed E-state index contributed by atoms with van der Waals surface area (Å²) >= 11 is 0. The van der Waals surface area contributed by atoms with Crippen LogP contribution in [0.4, 0.5) is 19.0 Å². The van der Waals surface area contributed by atoms with Gasteiger partial charge in [0.25, 0.3) is 0 Å². The zero-order valence-electron chi connectivity index (χ0n) is 12.4. The number of carbonyl (C=O) groups is 1. The number of carboxylic acid groups (broad SMARTS) is 1. The van der Waals surface area contributed by atoms with Crippen LogP contribution in [-0.2, 0) is 11.0 Å². The number of nitrogens with zero attached hydrogens (tertiary/aromatic N) is 4. The van der Waals surface area contributed by atoms with Crippen LogP contribution in [-0.4, -0.2) is 38.6 Å². The summed E-state index contributed by atoms with van der Waals surface area (Å²) in [7, 11) is 0. The number of anilines is 1. The molecule has 0 aromatic carbocycles. The number of hydrogen-bond acceptors (Lipinski definition) is 5. The second-order valence-corrected chi connectivity index (χ2v) is 5.36. The highest BCUT2D eigenvalue weighted by atomic mass is 19.4. The third-order valence-electron chi connectivity index (χ3n) is 3.75. The molecule has 1 unspecified atom stereocenters. The minimum atomic E-state index is -4.66. The van der Waals surface area contributed by atoms with Crippen molar-refractivity contribution in [1.82, 2.24) is 15.0 Å². The highest BCUT2D eigenvalue weighted by Gasteiger charge is 2.37. The number of hydrogen-bond donors (Lipinski definition) is 1. The first-order valence-corrected chi connectivity index (χ1v) is 7.22. The van der Waals surface area contributed by atoms with E-state index in [1.165, 1.54) is 17.3 Å². The van der Waals surface area contributed by atoms with Gasteiger partial charge in [0.2, 0.25) is 0 Å². The second kappa shape index (κ2) is 6.06. The lowest BCUT2D eigenvalue weighted by molar-refractivity contribution is -0.141. The van der Waals surface area contributed by atoms with Gasteiger partial charge in [0.05, 0.1) is 0 Å². The van der Waals surface area contributed by atoms with Crippen LogP contribution in [0, 0.1) is 0 Å². The Bertz CT molecular complexity index is 752. The maximum Gasteiger partial charge on any atom is 0.433 e. The zero-order chi connectivity index (χ0) is 17.3. The first-order chi connectivity index (χ1) is 11.4. The standard InChI is InChI=1S/C15H13F3N4O2/c16-15(17,18)11-7-12(22-6-2-4-10(22)14(23)24)21-13(20-11)9-3-1-5-19-8-9/h1,3,5,7-8,10H,2,4,6H2,(H,23,24). The van der Waals surface area contributed by atoms with Gasteiger partial charge in [0.15, 0.2) is 11.5 Å². The van der Waals surface area contributed by atoms with E-state index < -0.39 is 23.9 Å². The molecule has 2 aromatic rings. The second-order valence-electron chi connectivity index (χ2n) is 5.36.